The van der Waals surface area contributed by atoms with Crippen molar-refractivity contribution >= 4 is 23.7 Å². The van der Waals surface area contributed by atoms with Gasteiger partial charge in [-0.15, -0.1) is 0 Å². The molecule has 0 radical (unpaired) electrons. The Kier molecular flexibility index (Phi) is 6.96. The van der Waals surface area contributed by atoms with E-state index in [1.165, 1.54) is 0 Å². The van der Waals surface area contributed by atoms with Crippen molar-refractivity contribution in [2.75, 3.05) is 11.9 Å². The lowest BCUT2D eigenvalue weighted by atomic mass is 9.98. The molecular weight excluding hydrogens is 455 g/mol. The lowest BCUT2D eigenvalue weighted by Crippen LogP contribution is -2.42. The first-order valence-corrected chi connectivity index (χ1v) is 11.0. The van der Waals surface area contributed by atoms with E-state index in [-0.39, 0.29) is 36.8 Å². The molecule has 4 N–H and O–H groups in total. The Bertz CT molecular complexity index is 1230. The van der Waals surface area contributed by atoms with Crippen molar-refractivity contribution in [3.63, 3.8) is 0 Å². The number of nitrogens with one attached hydrogen (secondary N) is 2. The molecule has 3 aromatic rings. The van der Waals surface area contributed by atoms with Gasteiger partial charge in [-0.2, -0.15) is 0 Å². The number of hydrogen-bond donors (Lipinski definition) is 4. The van der Waals surface area contributed by atoms with Crippen molar-refractivity contribution in [3.8, 4) is 16.9 Å². The van der Waals surface area contributed by atoms with Gasteiger partial charge >= 0.3 is 12.1 Å². The van der Waals surface area contributed by atoms with Crippen molar-refractivity contribution in [1.82, 2.24) is 5.32 Å². The van der Waals surface area contributed by atoms with Crippen molar-refractivity contribution in [2.45, 2.75) is 24.8 Å². The highest BCUT2D eigenvalue weighted by Gasteiger charge is 2.30. The number of carbonyl (C=O) groups excluding carboxylic acids is 2. The van der Waals surface area contributed by atoms with Gasteiger partial charge in [-0.25, -0.2) is 14.0 Å². The summed E-state index contributed by atoms with van der Waals surface area (Å²) in [4.78, 5) is 36.1. The number of benzene rings is 3. The normalized spacial score (nSPS) is 12.8. The third-order valence-electron chi connectivity index (χ3n) is 5.82. The van der Waals surface area contributed by atoms with Crippen LogP contribution in [0, 0.1) is 5.82 Å². The van der Waals surface area contributed by atoms with Crippen LogP contribution in [0.5, 0.6) is 5.75 Å². The molecule has 1 atom stereocenters. The summed E-state index contributed by atoms with van der Waals surface area (Å²) < 4.78 is 19.1. The second kappa shape index (κ2) is 10.3. The van der Waals surface area contributed by atoms with Gasteiger partial charge in [0.25, 0.3) is 0 Å². The number of carboxylic acids is 1. The monoisotopic (exact) mass is 478 g/mol. The van der Waals surface area contributed by atoms with E-state index in [1.54, 1.807) is 0 Å². The highest BCUT2D eigenvalue weighted by Crippen LogP contribution is 2.44. The van der Waals surface area contributed by atoms with E-state index < -0.39 is 29.8 Å². The molecule has 0 aliphatic heterocycles. The maximum Gasteiger partial charge on any atom is 0.407 e. The summed E-state index contributed by atoms with van der Waals surface area (Å²) in [5.74, 6) is -3.17. The largest absolute Gasteiger partial charge is 0.508 e. The Hall–Kier alpha value is -4.40. The summed E-state index contributed by atoms with van der Waals surface area (Å²) in [5, 5.41) is 23.4. The van der Waals surface area contributed by atoms with E-state index in [9.17, 15) is 29.0 Å². The maximum absolute atomic E-state index is 13.7. The molecule has 0 saturated heterocycles. The molecule has 9 heteroatoms. The molecule has 0 bridgehead atoms. The van der Waals surface area contributed by atoms with E-state index in [0.717, 1.165) is 40.5 Å². The van der Waals surface area contributed by atoms with Gasteiger partial charge in [0.2, 0.25) is 5.91 Å². The molecule has 0 spiro atoms. The van der Waals surface area contributed by atoms with Gasteiger partial charge < -0.3 is 25.6 Å². The molecule has 0 aromatic heterocycles. The summed E-state index contributed by atoms with van der Waals surface area (Å²) in [7, 11) is 0. The first-order valence-electron chi connectivity index (χ1n) is 11.0. The Morgan fingerprint density at radius 2 is 1.60 bits per heavy atom. The minimum absolute atomic E-state index is 0.0173. The summed E-state index contributed by atoms with van der Waals surface area (Å²) in [5.41, 5.74) is 3.94. The minimum Gasteiger partial charge on any atom is -0.508 e. The maximum atomic E-state index is 13.7. The number of alkyl carbamates (subject to hydrolysis) is 1. The fraction of sp³-hybridized carbons (Fsp3) is 0.192. The predicted molar refractivity (Wildman–Crippen MR) is 126 cm³/mol. The van der Waals surface area contributed by atoms with Gasteiger partial charge in [-0.1, -0.05) is 48.5 Å². The third kappa shape index (κ3) is 5.40. The zero-order chi connectivity index (χ0) is 24.9. The van der Waals surface area contributed by atoms with Crippen molar-refractivity contribution in [3.05, 3.63) is 83.7 Å². The van der Waals surface area contributed by atoms with E-state index in [4.69, 9.17) is 4.74 Å². The van der Waals surface area contributed by atoms with Gasteiger partial charge in [0.1, 0.15) is 24.2 Å². The lowest BCUT2D eigenvalue weighted by molar-refractivity contribution is -0.139. The van der Waals surface area contributed by atoms with Gasteiger partial charge in [-0.3, -0.25) is 4.79 Å². The number of carbonyl (C=O) groups is 3. The fourth-order valence-corrected chi connectivity index (χ4v) is 4.14. The third-order valence-corrected chi connectivity index (χ3v) is 5.82. The molecular formula is C26H23FN2O6. The first kappa shape index (κ1) is 23.7. The van der Waals surface area contributed by atoms with E-state index in [2.05, 4.69) is 10.6 Å². The zero-order valence-electron chi connectivity index (χ0n) is 18.5. The van der Waals surface area contributed by atoms with Crippen LogP contribution in [0.2, 0.25) is 0 Å². The molecule has 0 fully saturated rings. The fourth-order valence-electron chi connectivity index (χ4n) is 4.14. The molecule has 1 aliphatic rings. The standard InChI is InChI=1S/C26H23FN2O6/c27-21-10-9-15(30)13-23(21)28-24(31)12-11-22(25(32)33)29-26(34)35-14-20-18-7-3-1-5-16(18)17-6-2-4-8-19(17)20/h1-10,13,20,22,30H,11-12,14H2,(H,28,31)(H,29,34)(H,32,33). The number of aromatic hydroxyl groups is 1. The second-order valence-corrected chi connectivity index (χ2v) is 8.11. The Morgan fingerprint density at radius 3 is 2.23 bits per heavy atom. The molecule has 35 heavy (non-hydrogen) atoms. The lowest BCUT2D eigenvalue weighted by Gasteiger charge is -2.17. The number of anilines is 1. The van der Waals surface area contributed by atoms with Crippen LogP contribution in [0.1, 0.15) is 29.9 Å². The molecule has 8 nitrogen and oxygen atoms in total. The quantitative estimate of drug-likeness (QED) is 0.384. The molecule has 1 aliphatic carbocycles. The van der Waals surface area contributed by atoms with Gasteiger partial charge in [0.15, 0.2) is 0 Å². The van der Waals surface area contributed by atoms with Crippen LogP contribution in [0.4, 0.5) is 14.9 Å². The van der Waals surface area contributed by atoms with Gasteiger partial charge in [0.05, 0.1) is 5.69 Å². The number of fused-ring (bicyclic) bond motifs is 3. The average Bonchev–Trinajstić information content (AvgIpc) is 3.16. The number of carboxylic acid groups (broad SMARTS) is 1. The summed E-state index contributed by atoms with van der Waals surface area (Å²) >= 11 is 0. The summed E-state index contributed by atoms with van der Waals surface area (Å²) in [6.45, 7) is 0.0173. The highest BCUT2D eigenvalue weighted by molar-refractivity contribution is 5.91. The minimum atomic E-state index is -1.38. The Labute approximate surface area is 200 Å². The molecule has 2 amide bonds. The van der Waals surface area contributed by atoms with Gasteiger partial charge in [-0.05, 0) is 40.8 Å². The number of amides is 2. The smallest absolute Gasteiger partial charge is 0.407 e. The number of phenolic OH excluding ortho intramolecular Hbond substituents is 1. The van der Waals surface area contributed by atoms with Crippen molar-refractivity contribution in [1.29, 1.82) is 0 Å². The summed E-state index contributed by atoms with van der Waals surface area (Å²) in [6, 6.07) is 17.4. The molecule has 4 rings (SSSR count). The van der Waals surface area contributed by atoms with Crippen molar-refractivity contribution in [2.24, 2.45) is 0 Å². The van der Waals surface area contributed by atoms with Crippen LogP contribution in [-0.2, 0) is 14.3 Å². The van der Waals surface area contributed by atoms with Crippen LogP contribution in [0.25, 0.3) is 11.1 Å². The van der Waals surface area contributed by atoms with Crippen LogP contribution in [0.15, 0.2) is 66.7 Å². The molecule has 0 heterocycles. The first-order chi connectivity index (χ1) is 16.8. The van der Waals surface area contributed by atoms with Crippen LogP contribution in [0.3, 0.4) is 0 Å². The number of hydrogen-bond acceptors (Lipinski definition) is 5. The second-order valence-electron chi connectivity index (χ2n) is 8.11. The van der Waals surface area contributed by atoms with E-state index >= 15 is 0 Å². The van der Waals surface area contributed by atoms with E-state index in [1.807, 2.05) is 48.5 Å². The average molecular weight is 478 g/mol. The van der Waals surface area contributed by atoms with Crippen LogP contribution in [-0.4, -0.2) is 40.8 Å². The molecule has 0 saturated carbocycles. The summed E-state index contributed by atoms with van der Waals surface area (Å²) in [6.07, 6.45) is -1.47. The molecule has 3 aromatic carbocycles. The highest BCUT2D eigenvalue weighted by atomic mass is 19.1. The number of aliphatic carboxylic acids is 1. The van der Waals surface area contributed by atoms with Gasteiger partial charge in [0, 0.05) is 18.4 Å². The zero-order valence-corrected chi connectivity index (χ0v) is 18.5. The number of rotatable bonds is 8. The Balaban J connectivity index is 1.33. The van der Waals surface area contributed by atoms with Crippen molar-refractivity contribution < 1.29 is 33.7 Å². The van der Waals surface area contributed by atoms with Crippen LogP contribution < -0.4 is 10.6 Å². The van der Waals surface area contributed by atoms with E-state index in [0.29, 0.717) is 0 Å². The predicted octanol–water partition coefficient (Wildman–Crippen LogP) is 4.24. The van der Waals surface area contributed by atoms with Crippen LogP contribution >= 0.6 is 0 Å². The Morgan fingerprint density at radius 1 is 0.971 bits per heavy atom. The molecule has 180 valence electrons. The number of ether oxygens (including phenoxy) is 1. The topological polar surface area (TPSA) is 125 Å². The number of phenols is 1. The number of halogens is 1. The SMILES string of the molecule is O=C(CCC(NC(=O)OCC1c2ccccc2-c2ccccc21)C(=O)O)Nc1cc(O)ccc1F. The molecule has 1 unspecified atom stereocenters.